The molecule has 1 aliphatic rings. The highest BCUT2D eigenvalue weighted by Gasteiger charge is 2.30. The van der Waals surface area contributed by atoms with Crippen LogP contribution in [0.2, 0.25) is 0 Å². The lowest BCUT2D eigenvalue weighted by Gasteiger charge is -2.32. The number of carbonyl (C=O) groups is 1. The van der Waals surface area contributed by atoms with Gasteiger partial charge in [0.1, 0.15) is 6.54 Å². The summed E-state index contributed by atoms with van der Waals surface area (Å²) < 4.78 is 28.6. The topological polar surface area (TPSA) is 101 Å². The monoisotopic (exact) mass is 440 g/mol. The third-order valence-corrected chi connectivity index (χ3v) is 7.56. The predicted molar refractivity (Wildman–Crippen MR) is 118 cm³/mol. The van der Waals surface area contributed by atoms with Crippen LogP contribution in [-0.4, -0.2) is 40.8 Å². The number of carbonyl (C=O) groups excluding carboxylic acids is 1. The van der Waals surface area contributed by atoms with Crippen LogP contribution < -0.4 is 10.9 Å². The Balaban J connectivity index is 1.46. The number of para-hydroxylation sites is 1. The first-order valence-electron chi connectivity index (χ1n) is 10.2. The highest BCUT2D eigenvalue weighted by atomic mass is 32.2. The number of hydrogen-bond acceptors (Lipinski definition) is 5. The van der Waals surface area contributed by atoms with Gasteiger partial charge in [0.25, 0.3) is 5.56 Å². The first-order valence-corrected chi connectivity index (χ1v) is 11.7. The van der Waals surface area contributed by atoms with Crippen LogP contribution in [0.4, 0.5) is 5.69 Å². The first kappa shape index (κ1) is 21.2. The van der Waals surface area contributed by atoms with Gasteiger partial charge in [0, 0.05) is 18.3 Å². The van der Waals surface area contributed by atoms with E-state index in [9.17, 15) is 18.0 Å². The number of rotatable bonds is 5. The van der Waals surface area contributed by atoms with Crippen LogP contribution >= 0.6 is 0 Å². The molecule has 9 heteroatoms. The molecule has 0 spiro atoms. The van der Waals surface area contributed by atoms with E-state index in [4.69, 9.17) is 0 Å². The average molecular weight is 441 g/mol. The number of fused-ring (bicyclic) bond motifs is 1. The molecule has 8 nitrogen and oxygen atoms in total. The number of anilines is 1. The largest absolute Gasteiger partial charge is 0.325 e. The summed E-state index contributed by atoms with van der Waals surface area (Å²) in [6, 6.07) is 13.0. The minimum absolute atomic E-state index is 0.0213. The molecule has 0 bridgehead atoms. The van der Waals surface area contributed by atoms with Crippen molar-refractivity contribution >= 4 is 32.5 Å². The van der Waals surface area contributed by atoms with E-state index in [1.165, 1.54) is 23.0 Å². The van der Waals surface area contributed by atoms with Crippen LogP contribution in [0.15, 0.2) is 64.5 Å². The molecule has 0 saturated carbocycles. The highest BCUT2D eigenvalue weighted by Crippen LogP contribution is 2.25. The molecule has 3 aromatic rings. The van der Waals surface area contributed by atoms with Crippen molar-refractivity contribution in [3.63, 3.8) is 0 Å². The zero-order valence-corrected chi connectivity index (χ0v) is 18.0. The van der Waals surface area contributed by atoms with E-state index >= 15 is 0 Å². The van der Waals surface area contributed by atoms with Gasteiger partial charge in [-0.15, -0.1) is 0 Å². The van der Waals surface area contributed by atoms with E-state index < -0.39 is 15.9 Å². The first-order chi connectivity index (χ1) is 14.9. The quantitative estimate of drug-likeness (QED) is 0.657. The molecule has 31 heavy (non-hydrogen) atoms. The summed E-state index contributed by atoms with van der Waals surface area (Å²) in [5, 5.41) is 3.14. The molecular formula is C22H24N4O4S. The Labute approximate surface area is 180 Å². The maximum absolute atomic E-state index is 12.9. The lowest BCUT2D eigenvalue weighted by atomic mass is 10.1. The number of benzene rings is 2. The molecule has 1 aliphatic heterocycles. The van der Waals surface area contributed by atoms with Crippen molar-refractivity contribution in [3.05, 3.63) is 65.2 Å². The van der Waals surface area contributed by atoms with E-state index in [1.807, 2.05) is 6.92 Å². The van der Waals surface area contributed by atoms with Crippen LogP contribution in [-0.2, 0) is 21.4 Å². The minimum atomic E-state index is -3.56. The molecule has 2 heterocycles. The number of aromatic nitrogens is 2. The minimum Gasteiger partial charge on any atom is -0.325 e. The summed E-state index contributed by atoms with van der Waals surface area (Å²) in [6.07, 6.45) is 4.10. The number of nitrogens with one attached hydrogen (secondary N) is 1. The Kier molecular flexibility index (Phi) is 5.88. The molecular weight excluding hydrogens is 416 g/mol. The molecule has 0 radical (unpaired) electrons. The summed E-state index contributed by atoms with van der Waals surface area (Å²) in [4.78, 5) is 29.3. The third-order valence-electron chi connectivity index (χ3n) is 5.53. The Morgan fingerprint density at radius 3 is 2.61 bits per heavy atom. The number of sulfonamides is 1. The second-order valence-corrected chi connectivity index (χ2v) is 9.62. The summed E-state index contributed by atoms with van der Waals surface area (Å²) >= 11 is 0. The van der Waals surface area contributed by atoms with Crippen LogP contribution in [0.1, 0.15) is 26.2 Å². The summed E-state index contributed by atoms with van der Waals surface area (Å²) in [6.45, 7) is 2.26. The van der Waals surface area contributed by atoms with E-state index in [0.29, 0.717) is 23.1 Å². The van der Waals surface area contributed by atoms with E-state index in [2.05, 4.69) is 10.3 Å². The Hall–Kier alpha value is -3.04. The van der Waals surface area contributed by atoms with E-state index in [-0.39, 0.29) is 23.0 Å². The average Bonchev–Trinajstić information content (AvgIpc) is 2.76. The second-order valence-electron chi connectivity index (χ2n) is 7.73. The van der Waals surface area contributed by atoms with Gasteiger partial charge in [0.2, 0.25) is 15.9 Å². The number of piperidine rings is 1. The maximum atomic E-state index is 12.9. The molecule has 1 N–H and O–H groups in total. The smallest absolute Gasteiger partial charge is 0.261 e. The fourth-order valence-corrected chi connectivity index (χ4v) is 5.55. The van der Waals surface area contributed by atoms with Crippen LogP contribution in [0, 0.1) is 0 Å². The van der Waals surface area contributed by atoms with Gasteiger partial charge in [0.05, 0.1) is 22.1 Å². The fourth-order valence-electron chi connectivity index (χ4n) is 3.85. The molecule has 4 rings (SSSR count). The molecule has 1 aromatic heterocycles. The lowest BCUT2D eigenvalue weighted by molar-refractivity contribution is -0.116. The van der Waals surface area contributed by atoms with Crippen molar-refractivity contribution in [2.75, 3.05) is 11.9 Å². The normalized spacial score (nSPS) is 17.5. The van der Waals surface area contributed by atoms with Crippen LogP contribution in [0.3, 0.4) is 0 Å². The number of amides is 1. The van der Waals surface area contributed by atoms with Crippen LogP contribution in [0.25, 0.3) is 10.9 Å². The molecule has 0 unspecified atom stereocenters. The van der Waals surface area contributed by atoms with E-state index in [0.717, 1.165) is 19.3 Å². The SMILES string of the molecule is C[C@H]1CCCCN1S(=O)(=O)c1ccc(NC(=O)Cn2cnc3ccccc3c2=O)cc1. The van der Waals surface area contributed by atoms with Crippen molar-refractivity contribution in [1.82, 2.24) is 13.9 Å². The number of hydrogen-bond donors (Lipinski definition) is 1. The van der Waals surface area contributed by atoms with Gasteiger partial charge in [-0.25, -0.2) is 13.4 Å². The Bertz CT molecular complexity index is 1270. The van der Waals surface area contributed by atoms with Gasteiger partial charge >= 0.3 is 0 Å². The zero-order valence-electron chi connectivity index (χ0n) is 17.2. The van der Waals surface area contributed by atoms with Gasteiger partial charge in [-0.1, -0.05) is 18.6 Å². The van der Waals surface area contributed by atoms with Crippen molar-refractivity contribution in [2.45, 2.75) is 43.7 Å². The maximum Gasteiger partial charge on any atom is 0.261 e. The van der Waals surface area contributed by atoms with Gasteiger partial charge in [-0.3, -0.25) is 14.2 Å². The predicted octanol–water partition coefficient (Wildman–Crippen LogP) is 2.60. The van der Waals surface area contributed by atoms with Gasteiger partial charge in [-0.2, -0.15) is 4.31 Å². The second kappa shape index (κ2) is 8.60. The molecule has 0 aliphatic carbocycles. The molecule has 2 aromatic carbocycles. The van der Waals surface area contributed by atoms with Gasteiger partial charge in [0.15, 0.2) is 0 Å². The van der Waals surface area contributed by atoms with Gasteiger partial charge < -0.3 is 5.32 Å². The van der Waals surface area contributed by atoms with Crippen molar-refractivity contribution < 1.29 is 13.2 Å². The third kappa shape index (κ3) is 4.38. The van der Waals surface area contributed by atoms with Crippen LogP contribution in [0.5, 0.6) is 0 Å². The standard InChI is InChI=1S/C22H24N4O4S/c1-16-6-4-5-13-26(16)31(29,30)18-11-9-17(10-12-18)24-21(27)14-25-15-23-20-8-3-2-7-19(20)22(25)28/h2-3,7-12,15-16H,4-6,13-14H2,1H3,(H,24,27)/t16-/m0/s1. The highest BCUT2D eigenvalue weighted by molar-refractivity contribution is 7.89. The summed E-state index contributed by atoms with van der Waals surface area (Å²) in [5.41, 5.74) is 0.735. The van der Waals surface area contributed by atoms with E-state index in [1.54, 1.807) is 40.7 Å². The molecule has 162 valence electrons. The zero-order chi connectivity index (χ0) is 22.0. The summed E-state index contributed by atoms with van der Waals surface area (Å²) in [7, 11) is -3.56. The fraction of sp³-hybridized carbons (Fsp3) is 0.318. The number of nitrogens with zero attached hydrogens (tertiary/aromatic N) is 3. The Morgan fingerprint density at radius 1 is 1.13 bits per heavy atom. The summed E-state index contributed by atoms with van der Waals surface area (Å²) in [5.74, 6) is -0.403. The van der Waals surface area contributed by atoms with Gasteiger partial charge in [-0.05, 0) is 56.2 Å². The Morgan fingerprint density at radius 2 is 1.87 bits per heavy atom. The lowest BCUT2D eigenvalue weighted by Crippen LogP contribution is -2.41. The van der Waals surface area contributed by atoms with Crippen molar-refractivity contribution in [2.24, 2.45) is 0 Å². The molecule has 1 amide bonds. The molecule has 1 saturated heterocycles. The molecule has 1 atom stereocenters. The van der Waals surface area contributed by atoms with Crippen molar-refractivity contribution in [3.8, 4) is 0 Å². The molecule has 1 fully saturated rings. The van der Waals surface area contributed by atoms with Crippen molar-refractivity contribution in [1.29, 1.82) is 0 Å².